The van der Waals surface area contributed by atoms with Crippen molar-refractivity contribution >= 4 is 29.0 Å². The Kier molecular flexibility index (Phi) is 5.27. The van der Waals surface area contributed by atoms with Crippen LogP contribution in [0.2, 0.25) is 5.02 Å². The van der Waals surface area contributed by atoms with Crippen LogP contribution in [-0.2, 0) is 0 Å². The maximum atomic E-state index is 12.8. The lowest BCUT2D eigenvalue weighted by molar-refractivity contribution is 0.0997. The van der Waals surface area contributed by atoms with E-state index in [-0.39, 0.29) is 11.5 Å². The first-order valence-corrected chi connectivity index (χ1v) is 9.36. The van der Waals surface area contributed by atoms with E-state index in [9.17, 15) is 9.59 Å². The van der Waals surface area contributed by atoms with E-state index in [1.54, 1.807) is 66.7 Å². The van der Waals surface area contributed by atoms with Crippen molar-refractivity contribution in [2.24, 2.45) is 0 Å². The van der Waals surface area contributed by atoms with Crippen LogP contribution in [0, 0.1) is 0 Å². The lowest BCUT2D eigenvalue weighted by atomic mass is 10.0. The number of hydrogen-bond acceptors (Lipinski definition) is 3. The number of rotatable bonds is 5. The summed E-state index contributed by atoms with van der Waals surface area (Å²) >= 11 is 6.19. The summed E-state index contributed by atoms with van der Waals surface area (Å²) in [6.07, 6.45) is 0. The molecule has 0 aliphatic rings. The number of hydrogen-bond donors (Lipinski definition) is 1. The highest BCUT2D eigenvalue weighted by atomic mass is 35.5. The largest absolute Gasteiger partial charge is 0.451 e. The molecule has 0 aliphatic carbocycles. The number of furan rings is 1. The van der Waals surface area contributed by atoms with Gasteiger partial charge in [-0.15, -0.1) is 0 Å². The summed E-state index contributed by atoms with van der Waals surface area (Å²) in [5, 5.41) is 3.31. The molecule has 1 aromatic heterocycles. The molecule has 1 amide bonds. The first kappa shape index (κ1) is 18.7. The Hall–Kier alpha value is -3.63. The van der Waals surface area contributed by atoms with Crippen molar-refractivity contribution < 1.29 is 14.0 Å². The van der Waals surface area contributed by atoms with Gasteiger partial charge in [-0.25, -0.2) is 0 Å². The summed E-state index contributed by atoms with van der Waals surface area (Å²) in [4.78, 5) is 25.5. The summed E-state index contributed by atoms with van der Waals surface area (Å²) < 4.78 is 5.69. The van der Waals surface area contributed by atoms with Crippen molar-refractivity contribution in [2.75, 3.05) is 5.32 Å². The minimum atomic E-state index is -0.448. The third-order valence-corrected chi connectivity index (χ3v) is 4.75. The summed E-state index contributed by atoms with van der Waals surface area (Å²) in [7, 11) is 0. The van der Waals surface area contributed by atoms with Crippen LogP contribution in [0.4, 0.5) is 5.69 Å². The van der Waals surface area contributed by atoms with E-state index in [1.807, 2.05) is 24.3 Å². The summed E-state index contributed by atoms with van der Waals surface area (Å²) in [5.41, 5.74) is 2.08. The molecule has 0 fully saturated rings. The highest BCUT2D eigenvalue weighted by Gasteiger charge is 2.18. The van der Waals surface area contributed by atoms with Crippen LogP contribution in [0.1, 0.15) is 26.5 Å². The molecule has 0 unspecified atom stereocenters. The number of anilines is 1. The molecular formula is C24H16ClNO3. The van der Waals surface area contributed by atoms with Crippen molar-refractivity contribution in [3.63, 3.8) is 0 Å². The Morgan fingerprint density at radius 3 is 2.24 bits per heavy atom. The molecular weight excluding hydrogens is 386 g/mol. The first-order valence-electron chi connectivity index (χ1n) is 8.98. The number of ketones is 1. The molecule has 0 saturated heterocycles. The third kappa shape index (κ3) is 3.98. The van der Waals surface area contributed by atoms with Gasteiger partial charge in [0.1, 0.15) is 5.76 Å². The number of nitrogens with one attached hydrogen (secondary N) is 1. The quantitative estimate of drug-likeness (QED) is 0.412. The molecule has 0 saturated carbocycles. The molecule has 3 aromatic carbocycles. The molecule has 1 heterocycles. The maximum Gasteiger partial charge on any atom is 0.291 e. The number of amides is 1. The second kappa shape index (κ2) is 8.17. The SMILES string of the molecule is O=C(Nc1ccccc1C(=O)c1ccccc1)c1ccc(-c2ccccc2Cl)o1. The molecule has 0 aliphatic heterocycles. The summed E-state index contributed by atoms with van der Waals surface area (Å²) in [6.45, 7) is 0. The van der Waals surface area contributed by atoms with Crippen molar-refractivity contribution in [3.05, 3.63) is 113 Å². The Morgan fingerprint density at radius 1 is 0.759 bits per heavy atom. The molecule has 1 N–H and O–H groups in total. The fourth-order valence-corrected chi connectivity index (χ4v) is 3.21. The monoisotopic (exact) mass is 401 g/mol. The van der Waals surface area contributed by atoms with Gasteiger partial charge >= 0.3 is 0 Å². The molecule has 4 rings (SSSR count). The third-order valence-electron chi connectivity index (χ3n) is 4.42. The highest BCUT2D eigenvalue weighted by molar-refractivity contribution is 6.33. The smallest absolute Gasteiger partial charge is 0.291 e. The zero-order valence-electron chi connectivity index (χ0n) is 15.3. The molecule has 4 aromatic rings. The molecule has 4 nitrogen and oxygen atoms in total. The Balaban J connectivity index is 1.59. The van der Waals surface area contributed by atoms with Gasteiger partial charge in [-0.3, -0.25) is 9.59 Å². The highest BCUT2D eigenvalue weighted by Crippen LogP contribution is 2.29. The topological polar surface area (TPSA) is 59.3 Å². The van der Waals surface area contributed by atoms with E-state index in [0.29, 0.717) is 33.2 Å². The second-order valence-corrected chi connectivity index (χ2v) is 6.75. The molecule has 0 atom stereocenters. The van der Waals surface area contributed by atoms with Crippen LogP contribution >= 0.6 is 11.6 Å². The maximum absolute atomic E-state index is 12.8. The molecule has 0 radical (unpaired) electrons. The fraction of sp³-hybridized carbons (Fsp3) is 0. The van der Waals surface area contributed by atoms with E-state index in [0.717, 1.165) is 0 Å². The van der Waals surface area contributed by atoms with Gasteiger partial charge in [-0.05, 0) is 36.4 Å². The Bertz CT molecular complexity index is 1180. The predicted molar refractivity (Wildman–Crippen MR) is 113 cm³/mol. The average Bonchev–Trinajstić information content (AvgIpc) is 3.25. The van der Waals surface area contributed by atoms with Gasteiger partial charge in [0.25, 0.3) is 5.91 Å². The molecule has 0 spiro atoms. The lowest BCUT2D eigenvalue weighted by Crippen LogP contribution is -2.14. The fourth-order valence-electron chi connectivity index (χ4n) is 2.98. The number of para-hydroxylation sites is 1. The molecule has 142 valence electrons. The average molecular weight is 402 g/mol. The molecule has 0 bridgehead atoms. The van der Waals surface area contributed by atoms with Gasteiger partial charge < -0.3 is 9.73 Å². The van der Waals surface area contributed by atoms with E-state index >= 15 is 0 Å². The van der Waals surface area contributed by atoms with Crippen LogP contribution in [-0.4, -0.2) is 11.7 Å². The van der Waals surface area contributed by atoms with Crippen molar-refractivity contribution in [1.82, 2.24) is 0 Å². The minimum absolute atomic E-state index is 0.127. The van der Waals surface area contributed by atoms with Crippen LogP contribution < -0.4 is 5.32 Å². The number of halogens is 1. The number of carbonyl (C=O) groups is 2. The van der Waals surface area contributed by atoms with Crippen molar-refractivity contribution in [1.29, 1.82) is 0 Å². The number of benzene rings is 3. The van der Waals surface area contributed by atoms with Gasteiger partial charge in [0.15, 0.2) is 11.5 Å². The van der Waals surface area contributed by atoms with Gasteiger partial charge in [0.05, 0.1) is 10.7 Å². The predicted octanol–water partition coefficient (Wildman–Crippen LogP) is 6.08. The van der Waals surface area contributed by atoms with Crippen LogP contribution in [0.15, 0.2) is 95.4 Å². The number of carbonyl (C=O) groups excluding carboxylic acids is 2. The van der Waals surface area contributed by atoms with Crippen molar-refractivity contribution in [2.45, 2.75) is 0 Å². The van der Waals surface area contributed by atoms with Crippen LogP contribution in [0.25, 0.3) is 11.3 Å². The van der Waals surface area contributed by atoms with Gasteiger partial charge in [0, 0.05) is 16.7 Å². The molecule has 29 heavy (non-hydrogen) atoms. The van der Waals surface area contributed by atoms with Crippen LogP contribution in [0.3, 0.4) is 0 Å². The first-order chi connectivity index (χ1) is 14.1. The molecule has 5 heteroatoms. The second-order valence-electron chi connectivity index (χ2n) is 6.34. The minimum Gasteiger partial charge on any atom is -0.451 e. The standard InChI is InChI=1S/C24H16ClNO3/c25-19-12-6-4-10-17(19)21-14-15-22(29-21)24(28)26-20-13-7-5-11-18(20)23(27)16-8-2-1-3-9-16/h1-15H,(H,26,28). The zero-order valence-corrected chi connectivity index (χ0v) is 16.0. The summed E-state index contributed by atoms with van der Waals surface area (Å²) in [5.74, 6) is 0.00518. The van der Waals surface area contributed by atoms with Crippen molar-refractivity contribution in [3.8, 4) is 11.3 Å². The normalized spacial score (nSPS) is 10.5. The van der Waals surface area contributed by atoms with E-state index in [4.69, 9.17) is 16.0 Å². The Morgan fingerprint density at radius 2 is 1.45 bits per heavy atom. The van der Waals surface area contributed by atoms with E-state index < -0.39 is 5.91 Å². The van der Waals surface area contributed by atoms with Gasteiger partial charge in [0.2, 0.25) is 0 Å². The van der Waals surface area contributed by atoms with E-state index in [1.165, 1.54) is 0 Å². The summed E-state index contributed by atoms with van der Waals surface area (Å²) in [6, 6.07) is 26.3. The van der Waals surface area contributed by atoms with Gasteiger partial charge in [-0.2, -0.15) is 0 Å². The van der Waals surface area contributed by atoms with E-state index in [2.05, 4.69) is 5.32 Å². The van der Waals surface area contributed by atoms with Crippen LogP contribution in [0.5, 0.6) is 0 Å². The van der Waals surface area contributed by atoms with Gasteiger partial charge in [-0.1, -0.05) is 66.2 Å². The lowest BCUT2D eigenvalue weighted by Gasteiger charge is -2.09. The Labute approximate surface area is 172 Å². The zero-order chi connectivity index (χ0) is 20.2.